The molecule has 4 aromatic rings. The van der Waals surface area contributed by atoms with E-state index in [1.165, 1.54) is 44.6 Å². The van der Waals surface area contributed by atoms with Crippen molar-refractivity contribution in [3.63, 3.8) is 0 Å². The Morgan fingerprint density at radius 1 is 1.16 bits per heavy atom. The van der Waals surface area contributed by atoms with E-state index >= 15 is 0 Å². The Labute approximate surface area is 199 Å². The molecular weight excluding hydrogens is 464 g/mol. The third-order valence-electron chi connectivity index (χ3n) is 4.84. The number of thioether (sulfide) groups is 1. The molecule has 4 N–H and O–H groups in total. The van der Waals surface area contributed by atoms with E-state index < -0.39 is 0 Å². The Kier molecular flexibility index (Phi) is 7.40. The van der Waals surface area contributed by atoms with E-state index in [0.717, 1.165) is 22.2 Å². The van der Waals surface area contributed by atoms with Gasteiger partial charge < -0.3 is 5.73 Å². The van der Waals surface area contributed by atoms with Crippen LogP contribution in [0.25, 0.3) is 21.3 Å². The molecule has 1 saturated carbocycles. The summed E-state index contributed by atoms with van der Waals surface area (Å²) in [5.74, 6) is 0.490. The fourth-order valence-electron chi connectivity index (χ4n) is 3.09. The van der Waals surface area contributed by atoms with Gasteiger partial charge in [0.15, 0.2) is 0 Å². The molecule has 1 aliphatic carbocycles. The number of nitrogens with two attached hydrogens (primary N) is 2. The van der Waals surface area contributed by atoms with Crippen LogP contribution in [0.3, 0.4) is 0 Å². The van der Waals surface area contributed by atoms with E-state index in [1.54, 1.807) is 35.2 Å². The molecule has 1 aromatic carbocycles. The van der Waals surface area contributed by atoms with Crippen molar-refractivity contribution in [2.75, 3.05) is 12.0 Å². The van der Waals surface area contributed by atoms with Crippen LogP contribution in [0.1, 0.15) is 23.4 Å². The monoisotopic (exact) mass is 486 g/mol. The lowest BCUT2D eigenvalue weighted by molar-refractivity contribution is 1.10. The molecule has 0 saturated heterocycles. The minimum Gasteiger partial charge on any atom is -0.384 e. The highest BCUT2D eigenvalue weighted by molar-refractivity contribution is 7.98. The van der Waals surface area contributed by atoms with E-state index in [2.05, 4.69) is 46.6 Å². The molecule has 1 fully saturated rings. The quantitative estimate of drug-likeness (QED) is 0.242. The van der Waals surface area contributed by atoms with Gasteiger partial charge in [-0.25, -0.2) is 4.98 Å². The standard InChI is InChI=1S/C20H16ClN3S2.C3H7NS/c1-25-13-7-8-23-17(10-13)15-4-2-3-12-9-14(26-20(12)15)11-18-16(21)5-6-19(22)24-18;4-5-3-1-2-3/h2-10H,11H2,1H3,(H2,22,24);3H,1-2,4H2. The molecule has 0 spiro atoms. The summed E-state index contributed by atoms with van der Waals surface area (Å²) in [6.07, 6.45) is 7.31. The lowest BCUT2D eigenvalue weighted by Crippen LogP contribution is -1.96. The molecule has 5 rings (SSSR count). The first-order valence-electron chi connectivity index (χ1n) is 9.85. The van der Waals surface area contributed by atoms with Gasteiger partial charge in [0, 0.05) is 37.9 Å². The zero-order chi connectivity index (χ0) is 21.8. The summed E-state index contributed by atoms with van der Waals surface area (Å²) in [5.41, 5.74) is 8.76. The molecule has 1 aliphatic rings. The second-order valence-electron chi connectivity index (χ2n) is 7.19. The lowest BCUT2D eigenvalue weighted by Gasteiger charge is -2.04. The Morgan fingerprint density at radius 2 is 2.00 bits per heavy atom. The predicted molar refractivity (Wildman–Crippen MR) is 138 cm³/mol. The zero-order valence-corrected chi connectivity index (χ0v) is 20.3. The van der Waals surface area contributed by atoms with Gasteiger partial charge in [-0.1, -0.05) is 41.7 Å². The predicted octanol–water partition coefficient (Wildman–Crippen LogP) is 6.66. The number of pyridine rings is 2. The van der Waals surface area contributed by atoms with Crippen LogP contribution in [0.15, 0.2) is 59.6 Å². The van der Waals surface area contributed by atoms with Crippen molar-refractivity contribution in [3.8, 4) is 11.3 Å². The molecule has 3 aromatic heterocycles. The van der Waals surface area contributed by atoms with Gasteiger partial charge in [-0.3, -0.25) is 10.1 Å². The van der Waals surface area contributed by atoms with Gasteiger partial charge in [-0.2, -0.15) is 0 Å². The van der Waals surface area contributed by atoms with Crippen molar-refractivity contribution in [3.05, 3.63) is 70.3 Å². The van der Waals surface area contributed by atoms with Crippen LogP contribution in [-0.4, -0.2) is 21.5 Å². The van der Waals surface area contributed by atoms with Gasteiger partial charge in [0.05, 0.1) is 16.4 Å². The van der Waals surface area contributed by atoms with Crippen LogP contribution in [0.5, 0.6) is 0 Å². The zero-order valence-electron chi connectivity index (χ0n) is 17.0. The number of anilines is 1. The maximum atomic E-state index is 6.28. The van der Waals surface area contributed by atoms with Crippen LogP contribution in [0.2, 0.25) is 5.02 Å². The number of rotatable bonds is 5. The van der Waals surface area contributed by atoms with Gasteiger partial charge in [0.1, 0.15) is 5.82 Å². The molecule has 3 heterocycles. The van der Waals surface area contributed by atoms with Crippen molar-refractivity contribution >= 4 is 62.6 Å². The molecule has 0 unspecified atom stereocenters. The average Bonchev–Trinajstić information content (AvgIpc) is 3.55. The first kappa shape index (κ1) is 22.4. The summed E-state index contributed by atoms with van der Waals surface area (Å²) < 4.78 is 1.23. The molecule has 160 valence electrons. The summed E-state index contributed by atoms with van der Waals surface area (Å²) in [6, 6.07) is 16.2. The molecule has 31 heavy (non-hydrogen) atoms. The normalized spacial score (nSPS) is 13.1. The number of nitrogens with zero attached hydrogens (tertiary/aromatic N) is 2. The van der Waals surface area contributed by atoms with Crippen LogP contribution in [0, 0.1) is 0 Å². The number of benzene rings is 1. The topological polar surface area (TPSA) is 77.8 Å². The largest absolute Gasteiger partial charge is 0.384 e. The van der Waals surface area contributed by atoms with Gasteiger partial charge in [0.2, 0.25) is 0 Å². The maximum Gasteiger partial charge on any atom is 0.123 e. The molecule has 0 radical (unpaired) electrons. The summed E-state index contributed by atoms with van der Waals surface area (Å²) in [6.45, 7) is 0. The molecule has 0 atom stereocenters. The molecule has 8 heteroatoms. The minimum atomic E-state index is 0.490. The fraction of sp³-hybridized carbons (Fsp3) is 0.217. The highest BCUT2D eigenvalue weighted by Crippen LogP contribution is 2.36. The molecule has 0 amide bonds. The van der Waals surface area contributed by atoms with E-state index in [9.17, 15) is 0 Å². The van der Waals surface area contributed by atoms with Gasteiger partial charge in [-0.15, -0.1) is 23.1 Å². The van der Waals surface area contributed by atoms with Crippen molar-refractivity contribution in [1.82, 2.24) is 9.97 Å². The maximum absolute atomic E-state index is 6.28. The van der Waals surface area contributed by atoms with Gasteiger partial charge in [-0.05, 0) is 54.8 Å². The van der Waals surface area contributed by atoms with E-state index in [4.69, 9.17) is 22.5 Å². The highest BCUT2D eigenvalue weighted by Gasteiger charge is 2.19. The van der Waals surface area contributed by atoms with Gasteiger partial charge in [0.25, 0.3) is 0 Å². The summed E-state index contributed by atoms with van der Waals surface area (Å²) in [7, 11) is 0. The number of nitrogen functional groups attached to an aromatic ring is 1. The first-order chi connectivity index (χ1) is 15.1. The van der Waals surface area contributed by atoms with Crippen LogP contribution >= 0.6 is 46.6 Å². The van der Waals surface area contributed by atoms with E-state index in [0.29, 0.717) is 17.3 Å². The third-order valence-corrected chi connectivity index (χ3v) is 7.95. The van der Waals surface area contributed by atoms with Crippen LogP contribution < -0.4 is 10.9 Å². The molecule has 0 aliphatic heterocycles. The van der Waals surface area contributed by atoms with E-state index in [-0.39, 0.29) is 0 Å². The second kappa shape index (κ2) is 10.2. The SMILES string of the molecule is CSc1ccnc(-c2cccc3cc(Cc4nc(N)ccc4Cl)sc23)c1.NSC1CC1. The number of hydrogen-bond acceptors (Lipinski definition) is 7. The summed E-state index contributed by atoms with van der Waals surface area (Å²) in [4.78, 5) is 11.4. The molecular formula is C23H23ClN4S3. The summed E-state index contributed by atoms with van der Waals surface area (Å²) >= 11 is 11.2. The lowest BCUT2D eigenvalue weighted by atomic mass is 10.1. The summed E-state index contributed by atoms with van der Waals surface area (Å²) in [5, 5.41) is 7.83. The Hall–Kier alpha value is -1.77. The number of halogens is 1. The highest BCUT2D eigenvalue weighted by atomic mass is 35.5. The van der Waals surface area contributed by atoms with Crippen molar-refractivity contribution < 1.29 is 0 Å². The molecule has 4 nitrogen and oxygen atoms in total. The number of aromatic nitrogens is 2. The van der Waals surface area contributed by atoms with E-state index in [1.807, 2.05) is 12.3 Å². The van der Waals surface area contributed by atoms with Crippen LogP contribution in [0.4, 0.5) is 5.82 Å². The minimum absolute atomic E-state index is 0.490. The fourth-order valence-corrected chi connectivity index (χ4v) is 5.28. The Bertz CT molecular complexity index is 1190. The van der Waals surface area contributed by atoms with Crippen molar-refractivity contribution in [2.24, 2.45) is 5.14 Å². The number of hydrogen-bond donors (Lipinski definition) is 2. The number of fused-ring (bicyclic) bond motifs is 1. The average molecular weight is 487 g/mol. The van der Waals surface area contributed by atoms with Crippen LogP contribution in [-0.2, 0) is 6.42 Å². The second-order valence-corrected chi connectivity index (χ2v) is 10.6. The van der Waals surface area contributed by atoms with Crippen molar-refractivity contribution in [2.45, 2.75) is 29.4 Å². The van der Waals surface area contributed by atoms with Crippen molar-refractivity contribution in [1.29, 1.82) is 0 Å². The van der Waals surface area contributed by atoms with Gasteiger partial charge >= 0.3 is 0 Å². The smallest absolute Gasteiger partial charge is 0.123 e. The molecule has 0 bridgehead atoms. The number of thiophene rings is 1. The first-order valence-corrected chi connectivity index (χ1v) is 13.2. The Morgan fingerprint density at radius 3 is 2.71 bits per heavy atom. The Balaban J connectivity index is 0.000000407. The third kappa shape index (κ3) is 5.73.